The molecule has 2 aromatic carbocycles. The highest BCUT2D eigenvalue weighted by molar-refractivity contribution is 7.79. The van der Waals surface area contributed by atoms with Crippen LogP contribution in [-0.4, -0.2) is 42.7 Å². The Morgan fingerprint density at radius 3 is 2.69 bits per heavy atom. The Morgan fingerprint density at radius 1 is 1.23 bits per heavy atom. The number of hydrogen-bond donors (Lipinski definition) is 3. The Labute approximate surface area is 162 Å². The van der Waals surface area contributed by atoms with Gasteiger partial charge in [0.1, 0.15) is 0 Å². The minimum atomic E-state index is -0.0338. The largest absolute Gasteiger partial charge is 0.351 e. The topological polar surface area (TPSA) is 58.4 Å². The maximum Gasteiger partial charge on any atom is 0.237 e. The Kier molecular flexibility index (Phi) is 8.42. The van der Waals surface area contributed by atoms with Crippen molar-refractivity contribution in [3.8, 4) is 0 Å². The van der Waals surface area contributed by atoms with Gasteiger partial charge in [0, 0.05) is 19.6 Å². The van der Waals surface area contributed by atoms with Crippen molar-refractivity contribution in [3.63, 3.8) is 0 Å². The molecule has 0 unspecified atom stereocenters. The van der Waals surface area contributed by atoms with Crippen LogP contribution in [0, 0.1) is 5.92 Å². The zero-order chi connectivity index (χ0) is 18.9. The molecule has 3 rings (SSSR count). The van der Waals surface area contributed by atoms with Crippen LogP contribution in [0.3, 0.4) is 0 Å². The minimum absolute atomic E-state index is 0.0338. The molecule has 0 aliphatic carbocycles. The summed E-state index contributed by atoms with van der Waals surface area (Å²) in [5.74, 6) is 0.574. The van der Waals surface area contributed by atoms with Gasteiger partial charge in [-0.1, -0.05) is 55.8 Å². The van der Waals surface area contributed by atoms with Crippen LogP contribution in [0.2, 0.25) is 0 Å². The van der Waals surface area contributed by atoms with Crippen LogP contribution in [0.15, 0.2) is 42.5 Å². The molecule has 0 spiro atoms. The molecule has 26 heavy (non-hydrogen) atoms. The van der Waals surface area contributed by atoms with E-state index in [2.05, 4.69) is 60.1 Å². The second-order valence-electron chi connectivity index (χ2n) is 6.58. The average molecular weight is 374 g/mol. The zero-order valence-corrected chi connectivity index (χ0v) is 16.7. The minimum Gasteiger partial charge on any atom is -0.351 e. The second-order valence-corrected chi connectivity index (χ2v) is 6.58. The lowest BCUT2D eigenvalue weighted by Crippen LogP contribution is -2.47. The fourth-order valence-electron chi connectivity index (χ4n) is 3.88. The number of hydrogen-bond acceptors (Lipinski definition) is 4. The van der Waals surface area contributed by atoms with Crippen molar-refractivity contribution in [3.05, 3.63) is 48.0 Å². The molecule has 0 aromatic heterocycles. The fourth-order valence-corrected chi connectivity index (χ4v) is 3.88. The zero-order valence-electron chi connectivity index (χ0n) is 15.8. The predicted molar refractivity (Wildman–Crippen MR) is 114 cm³/mol. The van der Waals surface area contributed by atoms with Crippen LogP contribution < -0.4 is 11.1 Å². The monoisotopic (exact) mass is 373 g/mol. The lowest BCUT2D eigenvalue weighted by molar-refractivity contribution is -0.126. The first-order valence-corrected chi connectivity index (χ1v) is 10.3. The van der Waals surface area contributed by atoms with E-state index < -0.39 is 0 Å². The van der Waals surface area contributed by atoms with E-state index in [1.807, 2.05) is 12.1 Å². The number of nitrogens with two attached hydrogens (primary N) is 1. The van der Waals surface area contributed by atoms with Crippen LogP contribution in [0.4, 0.5) is 0 Å². The van der Waals surface area contributed by atoms with E-state index in [9.17, 15) is 4.79 Å². The number of nitrogens with one attached hydrogen (secondary N) is 1. The van der Waals surface area contributed by atoms with Gasteiger partial charge >= 0.3 is 0 Å². The molecule has 0 bridgehead atoms. The molecule has 2 atom stereocenters. The van der Waals surface area contributed by atoms with Gasteiger partial charge in [-0.2, -0.15) is 12.6 Å². The van der Waals surface area contributed by atoms with Crippen molar-refractivity contribution in [2.24, 2.45) is 11.7 Å². The molecule has 1 aliphatic heterocycles. The van der Waals surface area contributed by atoms with Gasteiger partial charge in [-0.15, -0.1) is 0 Å². The van der Waals surface area contributed by atoms with Crippen LogP contribution in [0.25, 0.3) is 10.8 Å². The van der Waals surface area contributed by atoms with Gasteiger partial charge in [0.25, 0.3) is 0 Å². The molecule has 0 saturated carbocycles. The van der Waals surface area contributed by atoms with Gasteiger partial charge < -0.3 is 11.1 Å². The number of carbonyl (C=O) groups is 1. The number of fused-ring (bicyclic) bond motifs is 1. The number of carbonyl (C=O) groups excluding carboxylic acids is 1. The second kappa shape index (κ2) is 10.6. The summed E-state index contributed by atoms with van der Waals surface area (Å²) in [6.45, 7) is 5.11. The maximum absolute atomic E-state index is 12.8. The summed E-state index contributed by atoms with van der Waals surface area (Å²) in [6.07, 6.45) is 3.82. The quantitative estimate of drug-likeness (QED) is 0.682. The van der Waals surface area contributed by atoms with Crippen molar-refractivity contribution < 1.29 is 4.79 Å². The van der Waals surface area contributed by atoms with Crippen LogP contribution in [0.1, 0.15) is 25.3 Å². The van der Waals surface area contributed by atoms with Crippen LogP contribution >= 0.6 is 12.6 Å². The van der Waals surface area contributed by atoms with Gasteiger partial charge in [-0.05, 0) is 41.5 Å². The maximum atomic E-state index is 12.8. The average Bonchev–Trinajstić information content (AvgIpc) is 3.11. The van der Waals surface area contributed by atoms with Crippen LogP contribution in [-0.2, 0) is 11.3 Å². The van der Waals surface area contributed by atoms with E-state index in [4.69, 9.17) is 5.73 Å². The number of benzene rings is 2. The molecule has 1 saturated heterocycles. The van der Waals surface area contributed by atoms with E-state index >= 15 is 0 Å². The third kappa shape index (κ3) is 4.78. The highest BCUT2D eigenvalue weighted by Gasteiger charge is 2.37. The summed E-state index contributed by atoms with van der Waals surface area (Å²) >= 11 is 3.53. The Hall–Kier alpha value is -1.56. The Bertz CT molecular complexity index is 701. The van der Waals surface area contributed by atoms with Crippen molar-refractivity contribution in [1.82, 2.24) is 10.2 Å². The van der Waals surface area contributed by atoms with Crippen molar-refractivity contribution in [2.45, 2.75) is 32.4 Å². The number of rotatable bonds is 6. The molecular formula is C21H31N3OS. The van der Waals surface area contributed by atoms with E-state index in [-0.39, 0.29) is 11.9 Å². The molecule has 1 heterocycles. The molecular weight excluding hydrogens is 342 g/mol. The summed E-state index contributed by atoms with van der Waals surface area (Å²) in [6, 6.07) is 14.5. The van der Waals surface area contributed by atoms with Gasteiger partial charge in [-0.25, -0.2) is 0 Å². The highest BCUT2D eigenvalue weighted by Crippen LogP contribution is 2.27. The molecule has 3 N–H and O–H groups in total. The fraction of sp³-hybridized carbons (Fsp3) is 0.476. The molecule has 4 nitrogen and oxygen atoms in total. The third-order valence-corrected chi connectivity index (χ3v) is 5.17. The van der Waals surface area contributed by atoms with E-state index in [0.29, 0.717) is 19.0 Å². The number of likely N-dealkylation sites (tertiary alicyclic amines) is 1. The summed E-state index contributed by atoms with van der Waals surface area (Å²) in [5, 5.41) is 5.58. The first kappa shape index (κ1) is 20.7. The lowest BCUT2D eigenvalue weighted by atomic mass is 9.96. The smallest absolute Gasteiger partial charge is 0.237 e. The highest BCUT2D eigenvalue weighted by atomic mass is 32.1. The van der Waals surface area contributed by atoms with Gasteiger partial charge in [0.2, 0.25) is 5.91 Å². The molecule has 1 fully saturated rings. The first-order chi connectivity index (χ1) is 12.7. The summed E-state index contributed by atoms with van der Waals surface area (Å²) in [4.78, 5) is 15.1. The third-order valence-electron chi connectivity index (χ3n) is 5.17. The Morgan fingerprint density at radius 2 is 1.96 bits per heavy atom. The van der Waals surface area contributed by atoms with Crippen molar-refractivity contribution in [2.75, 3.05) is 25.9 Å². The van der Waals surface area contributed by atoms with Gasteiger partial charge in [0.15, 0.2) is 0 Å². The predicted octanol–water partition coefficient (Wildman–Crippen LogP) is 3.06. The van der Waals surface area contributed by atoms with E-state index in [0.717, 1.165) is 31.5 Å². The molecule has 142 valence electrons. The molecule has 5 heteroatoms. The normalized spacial score (nSPS) is 19.8. The standard InChI is InChI=1S/C20H27N3O.CH4S/c1-2-15-10-12-23(13-11-21)19(15)20(24)22-14-17-8-5-7-16-6-3-4-9-18(16)17;1-2/h3-9,15,19H,2,10-14,21H2,1H3,(H,22,24);2H,1H3/t15-,19-;/m0./s1. The SMILES string of the molecule is CC[C@H]1CCN(CCN)[C@@H]1C(=O)NCc1cccc2ccccc12.CS. The first-order valence-electron chi connectivity index (χ1n) is 9.37. The van der Waals surface area contributed by atoms with E-state index in [1.165, 1.54) is 10.8 Å². The molecule has 1 aliphatic rings. The summed E-state index contributed by atoms with van der Waals surface area (Å²) < 4.78 is 0. The summed E-state index contributed by atoms with van der Waals surface area (Å²) in [7, 11) is 0. The lowest BCUT2D eigenvalue weighted by Gasteiger charge is -2.26. The number of nitrogens with zero attached hydrogens (tertiary/aromatic N) is 1. The number of amides is 1. The molecule has 2 aromatic rings. The molecule has 1 amide bonds. The van der Waals surface area contributed by atoms with Gasteiger partial charge in [-0.3, -0.25) is 9.69 Å². The summed E-state index contributed by atoms with van der Waals surface area (Å²) in [5.41, 5.74) is 6.88. The Balaban J connectivity index is 0.00000117. The van der Waals surface area contributed by atoms with Crippen molar-refractivity contribution in [1.29, 1.82) is 0 Å². The van der Waals surface area contributed by atoms with Crippen molar-refractivity contribution >= 4 is 29.3 Å². The van der Waals surface area contributed by atoms with Crippen LogP contribution in [0.5, 0.6) is 0 Å². The molecule has 0 radical (unpaired) electrons. The van der Waals surface area contributed by atoms with Gasteiger partial charge in [0.05, 0.1) is 6.04 Å². The van der Waals surface area contributed by atoms with E-state index in [1.54, 1.807) is 6.26 Å². The number of thiol groups is 1.